The summed E-state index contributed by atoms with van der Waals surface area (Å²) in [5.41, 5.74) is 0. The lowest BCUT2D eigenvalue weighted by molar-refractivity contribution is -0.143. The number of hydrogen-bond donors (Lipinski definition) is 3. The van der Waals surface area contributed by atoms with Crippen LogP contribution in [0.25, 0.3) is 0 Å². The van der Waals surface area contributed by atoms with E-state index in [0.717, 1.165) is 0 Å². The molecule has 1 fully saturated rings. The van der Waals surface area contributed by atoms with Gasteiger partial charge in [0.25, 0.3) is 0 Å². The van der Waals surface area contributed by atoms with Crippen molar-refractivity contribution >= 4 is 17.9 Å². The van der Waals surface area contributed by atoms with Crippen LogP contribution in [0, 0.1) is 5.92 Å². The van der Waals surface area contributed by atoms with Crippen molar-refractivity contribution in [2.24, 2.45) is 5.92 Å². The van der Waals surface area contributed by atoms with E-state index >= 15 is 0 Å². The van der Waals surface area contributed by atoms with Crippen LogP contribution in [0.4, 0.5) is 4.79 Å². The molecule has 1 aliphatic heterocycles. The number of urea groups is 1. The van der Waals surface area contributed by atoms with Gasteiger partial charge in [-0.1, -0.05) is 0 Å². The average molecular weight is 257 g/mol. The SMILES string of the molecule is CC(=O)NCCNC(=O)N1CCC[C@@H](C(=O)O)C1. The number of hydrogen-bond acceptors (Lipinski definition) is 3. The van der Waals surface area contributed by atoms with E-state index in [1.807, 2.05) is 0 Å². The van der Waals surface area contributed by atoms with Gasteiger partial charge in [-0.2, -0.15) is 0 Å². The van der Waals surface area contributed by atoms with E-state index in [1.165, 1.54) is 11.8 Å². The first-order valence-electron chi connectivity index (χ1n) is 6.00. The molecule has 0 saturated carbocycles. The van der Waals surface area contributed by atoms with Gasteiger partial charge in [-0.05, 0) is 12.8 Å². The highest BCUT2D eigenvalue weighted by Crippen LogP contribution is 2.16. The lowest BCUT2D eigenvalue weighted by Crippen LogP contribution is -2.48. The molecule has 3 N–H and O–H groups in total. The molecule has 0 aromatic heterocycles. The predicted molar refractivity (Wildman–Crippen MR) is 64.0 cm³/mol. The zero-order chi connectivity index (χ0) is 13.5. The quantitative estimate of drug-likeness (QED) is 0.598. The molecule has 0 aromatic carbocycles. The number of carboxylic acids is 1. The van der Waals surface area contributed by atoms with Crippen LogP contribution in [0.2, 0.25) is 0 Å². The number of nitrogens with one attached hydrogen (secondary N) is 2. The minimum atomic E-state index is -0.856. The summed E-state index contributed by atoms with van der Waals surface area (Å²) in [6.07, 6.45) is 1.32. The summed E-state index contributed by atoms with van der Waals surface area (Å²) in [4.78, 5) is 34.7. The molecule has 1 aliphatic rings. The van der Waals surface area contributed by atoms with Gasteiger partial charge in [0.05, 0.1) is 5.92 Å². The molecule has 102 valence electrons. The highest BCUT2D eigenvalue weighted by molar-refractivity contribution is 5.76. The third kappa shape index (κ3) is 4.60. The first kappa shape index (κ1) is 14.3. The Bertz CT molecular complexity index is 332. The van der Waals surface area contributed by atoms with Crippen molar-refractivity contribution in [2.45, 2.75) is 19.8 Å². The smallest absolute Gasteiger partial charge is 0.317 e. The lowest BCUT2D eigenvalue weighted by Gasteiger charge is -2.30. The van der Waals surface area contributed by atoms with E-state index < -0.39 is 11.9 Å². The summed E-state index contributed by atoms with van der Waals surface area (Å²) >= 11 is 0. The van der Waals surface area contributed by atoms with Crippen molar-refractivity contribution in [1.82, 2.24) is 15.5 Å². The first-order valence-corrected chi connectivity index (χ1v) is 6.00. The Morgan fingerprint density at radius 1 is 1.28 bits per heavy atom. The minimum absolute atomic E-state index is 0.145. The summed E-state index contributed by atoms with van der Waals surface area (Å²) in [7, 11) is 0. The van der Waals surface area contributed by atoms with Crippen molar-refractivity contribution in [1.29, 1.82) is 0 Å². The molecule has 0 spiro atoms. The molecule has 7 heteroatoms. The fourth-order valence-corrected chi connectivity index (χ4v) is 1.88. The topological polar surface area (TPSA) is 98.7 Å². The number of rotatable bonds is 4. The Morgan fingerprint density at radius 2 is 1.94 bits per heavy atom. The molecule has 0 bridgehead atoms. The Kier molecular flexibility index (Phi) is 5.41. The van der Waals surface area contributed by atoms with Gasteiger partial charge in [-0.3, -0.25) is 9.59 Å². The Balaban J connectivity index is 2.28. The number of carbonyl (C=O) groups excluding carboxylic acids is 2. The third-order valence-electron chi connectivity index (χ3n) is 2.83. The number of carboxylic acid groups (broad SMARTS) is 1. The maximum absolute atomic E-state index is 11.7. The summed E-state index contributed by atoms with van der Waals surface area (Å²) in [5, 5.41) is 14.1. The van der Waals surface area contributed by atoms with Crippen LogP contribution < -0.4 is 10.6 Å². The molecular weight excluding hydrogens is 238 g/mol. The molecule has 1 rings (SSSR count). The van der Waals surface area contributed by atoms with Gasteiger partial charge in [0, 0.05) is 33.1 Å². The second-order valence-corrected chi connectivity index (χ2v) is 4.34. The maximum atomic E-state index is 11.7. The van der Waals surface area contributed by atoms with E-state index in [0.29, 0.717) is 32.5 Å². The van der Waals surface area contributed by atoms with E-state index in [-0.39, 0.29) is 18.5 Å². The Labute approximate surface area is 106 Å². The van der Waals surface area contributed by atoms with Gasteiger partial charge in [0.2, 0.25) is 5.91 Å². The molecule has 0 aromatic rings. The molecule has 1 saturated heterocycles. The standard InChI is InChI=1S/C11H19N3O4/c1-8(15)12-4-5-13-11(18)14-6-2-3-9(7-14)10(16)17/h9H,2-7H2,1H3,(H,12,15)(H,13,18)(H,16,17)/t9-/m1/s1. The van der Waals surface area contributed by atoms with E-state index in [2.05, 4.69) is 10.6 Å². The van der Waals surface area contributed by atoms with Crippen LogP contribution in [0.5, 0.6) is 0 Å². The van der Waals surface area contributed by atoms with Gasteiger partial charge in [-0.15, -0.1) is 0 Å². The number of nitrogens with zero attached hydrogens (tertiary/aromatic N) is 1. The van der Waals surface area contributed by atoms with Crippen LogP contribution in [0.15, 0.2) is 0 Å². The van der Waals surface area contributed by atoms with Gasteiger partial charge in [0.15, 0.2) is 0 Å². The molecule has 1 heterocycles. The van der Waals surface area contributed by atoms with Crippen LogP contribution in [0.1, 0.15) is 19.8 Å². The van der Waals surface area contributed by atoms with Gasteiger partial charge in [-0.25, -0.2) is 4.79 Å². The summed E-state index contributed by atoms with van der Waals surface area (Å²) in [6.45, 7) is 2.95. The molecule has 3 amide bonds. The van der Waals surface area contributed by atoms with Gasteiger partial charge >= 0.3 is 12.0 Å². The van der Waals surface area contributed by atoms with Crippen molar-refractivity contribution in [3.05, 3.63) is 0 Å². The molecule has 0 radical (unpaired) electrons. The maximum Gasteiger partial charge on any atom is 0.317 e. The third-order valence-corrected chi connectivity index (χ3v) is 2.83. The summed E-state index contributed by atoms with van der Waals surface area (Å²) < 4.78 is 0. The van der Waals surface area contributed by atoms with Crippen molar-refractivity contribution in [2.75, 3.05) is 26.2 Å². The number of likely N-dealkylation sites (tertiary alicyclic amines) is 1. The average Bonchev–Trinajstić information content (AvgIpc) is 2.34. The van der Waals surface area contributed by atoms with Crippen LogP contribution >= 0.6 is 0 Å². The van der Waals surface area contributed by atoms with E-state index in [9.17, 15) is 14.4 Å². The molecular formula is C11H19N3O4. The molecule has 18 heavy (non-hydrogen) atoms. The van der Waals surface area contributed by atoms with E-state index in [1.54, 1.807) is 0 Å². The number of amides is 3. The molecule has 0 unspecified atom stereocenters. The second-order valence-electron chi connectivity index (χ2n) is 4.34. The van der Waals surface area contributed by atoms with Gasteiger partial charge < -0.3 is 20.6 Å². The molecule has 1 atom stereocenters. The highest BCUT2D eigenvalue weighted by Gasteiger charge is 2.27. The number of carbonyl (C=O) groups is 3. The molecule has 0 aliphatic carbocycles. The van der Waals surface area contributed by atoms with Gasteiger partial charge in [0.1, 0.15) is 0 Å². The fourth-order valence-electron chi connectivity index (χ4n) is 1.88. The summed E-state index contributed by atoms with van der Waals surface area (Å²) in [5.74, 6) is -1.47. The monoisotopic (exact) mass is 257 g/mol. The highest BCUT2D eigenvalue weighted by atomic mass is 16.4. The largest absolute Gasteiger partial charge is 0.481 e. The fraction of sp³-hybridized carbons (Fsp3) is 0.727. The van der Waals surface area contributed by atoms with Crippen molar-refractivity contribution in [3.63, 3.8) is 0 Å². The lowest BCUT2D eigenvalue weighted by atomic mass is 9.99. The van der Waals surface area contributed by atoms with Crippen LogP contribution in [-0.4, -0.2) is 54.1 Å². The van der Waals surface area contributed by atoms with Crippen LogP contribution in [0.3, 0.4) is 0 Å². The first-order chi connectivity index (χ1) is 8.50. The van der Waals surface area contributed by atoms with Crippen molar-refractivity contribution < 1.29 is 19.5 Å². The minimum Gasteiger partial charge on any atom is -0.481 e. The summed E-state index contributed by atoms with van der Waals surface area (Å²) in [6, 6.07) is -0.272. The Morgan fingerprint density at radius 3 is 2.56 bits per heavy atom. The zero-order valence-corrected chi connectivity index (χ0v) is 10.4. The normalized spacial score (nSPS) is 19.2. The number of aliphatic carboxylic acids is 1. The van der Waals surface area contributed by atoms with Crippen LogP contribution in [-0.2, 0) is 9.59 Å². The molecule has 7 nitrogen and oxygen atoms in total. The van der Waals surface area contributed by atoms with E-state index in [4.69, 9.17) is 5.11 Å². The Hall–Kier alpha value is -1.79. The van der Waals surface area contributed by atoms with Crippen molar-refractivity contribution in [3.8, 4) is 0 Å². The predicted octanol–water partition coefficient (Wildman–Crippen LogP) is -0.371. The second kappa shape index (κ2) is 6.83. The zero-order valence-electron chi connectivity index (χ0n) is 10.4. The number of piperidine rings is 1.